The highest BCUT2D eigenvalue weighted by Gasteiger charge is 2.38. The van der Waals surface area contributed by atoms with E-state index >= 15 is 0 Å². The molecule has 2 aromatic heterocycles. The summed E-state index contributed by atoms with van der Waals surface area (Å²) in [6, 6.07) is 9.35. The molecule has 0 fully saturated rings. The summed E-state index contributed by atoms with van der Waals surface area (Å²) in [5.74, 6) is -1.75. The van der Waals surface area contributed by atoms with Crippen LogP contribution in [0.25, 0.3) is 11.4 Å². The molecule has 138 valence electrons. The molecule has 1 N–H and O–H groups in total. The minimum atomic E-state index is -4.72. The molecule has 2 heterocycles. The molecule has 0 aliphatic heterocycles. The lowest BCUT2D eigenvalue weighted by Gasteiger charge is -2.07. The maximum absolute atomic E-state index is 12.5. The number of aryl methyl sites for hydroxylation is 1. The lowest BCUT2D eigenvalue weighted by Crippen LogP contribution is -2.17. The minimum Gasteiger partial charge on any atom is -0.329 e. The van der Waals surface area contributed by atoms with E-state index in [4.69, 9.17) is 0 Å². The van der Waals surface area contributed by atoms with E-state index in [2.05, 4.69) is 19.4 Å². The number of alkyl halides is 3. The second-order valence-electron chi connectivity index (χ2n) is 5.25. The molecule has 0 radical (unpaired) electrons. The lowest BCUT2D eigenvalue weighted by molar-refractivity contribution is -0.159. The summed E-state index contributed by atoms with van der Waals surface area (Å²) in [5, 5.41) is 5.14. The number of sulfonamides is 1. The first-order chi connectivity index (χ1) is 12.2. The highest BCUT2D eigenvalue weighted by Crippen LogP contribution is 2.29. The van der Waals surface area contributed by atoms with E-state index in [0.29, 0.717) is 12.1 Å². The number of rotatable bonds is 6. The van der Waals surface area contributed by atoms with Gasteiger partial charge in [-0.1, -0.05) is 11.2 Å². The summed E-state index contributed by atoms with van der Waals surface area (Å²) >= 11 is 1.48. The van der Waals surface area contributed by atoms with Gasteiger partial charge >= 0.3 is 12.1 Å². The van der Waals surface area contributed by atoms with Crippen LogP contribution in [0.5, 0.6) is 0 Å². The fourth-order valence-electron chi connectivity index (χ4n) is 2.06. The molecule has 11 heteroatoms. The molecular weight excluding hydrogens is 391 g/mol. The molecular formula is C15H12F3N3O3S2. The average Bonchev–Trinajstić information content (AvgIpc) is 3.25. The zero-order valence-corrected chi connectivity index (χ0v) is 14.7. The van der Waals surface area contributed by atoms with E-state index in [9.17, 15) is 21.6 Å². The Labute approximate surface area is 150 Å². The van der Waals surface area contributed by atoms with Gasteiger partial charge in [-0.05, 0) is 42.1 Å². The smallest absolute Gasteiger partial charge is 0.329 e. The zero-order valence-electron chi connectivity index (χ0n) is 13.0. The van der Waals surface area contributed by atoms with Crippen molar-refractivity contribution in [3.05, 3.63) is 52.5 Å². The highest BCUT2D eigenvalue weighted by atomic mass is 32.2. The Morgan fingerprint density at radius 3 is 2.46 bits per heavy atom. The van der Waals surface area contributed by atoms with Crippen LogP contribution in [0.4, 0.5) is 18.9 Å². The van der Waals surface area contributed by atoms with Crippen molar-refractivity contribution in [2.24, 2.45) is 0 Å². The van der Waals surface area contributed by atoms with E-state index < -0.39 is 22.1 Å². The Morgan fingerprint density at radius 2 is 1.88 bits per heavy atom. The van der Waals surface area contributed by atoms with Gasteiger partial charge in [0.05, 0.1) is 5.75 Å². The summed E-state index contributed by atoms with van der Waals surface area (Å²) in [7, 11) is -3.55. The Kier molecular flexibility index (Phi) is 5.01. The summed E-state index contributed by atoms with van der Waals surface area (Å²) in [4.78, 5) is 4.24. The maximum atomic E-state index is 12.5. The average molecular weight is 403 g/mol. The molecule has 0 atom stereocenters. The van der Waals surface area contributed by atoms with E-state index in [0.717, 1.165) is 4.88 Å². The van der Waals surface area contributed by atoms with Crippen LogP contribution in [0.2, 0.25) is 0 Å². The van der Waals surface area contributed by atoms with Crippen LogP contribution in [-0.2, 0) is 22.6 Å². The monoisotopic (exact) mass is 403 g/mol. The molecule has 3 rings (SSSR count). The van der Waals surface area contributed by atoms with E-state index in [1.807, 2.05) is 17.5 Å². The van der Waals surface area contributed by atoms with Gasteiger partial charge in [-0.3, -0.25) is 4.72 Å². The van der Waals surface area contributed by atoms with Crippen molar-refractivity contribution in [2.75, 3.05) is 10.5 Å². The molecule has 0 bridgehead atoms. The first-order valence-electron chi connectivity index (χ1n) is 7.27. The molecule has 0 saturated carbocycles. The van der Waals surface area contributed by atoms with Gasteiger partial charge in [-0.2, -0.15) is 18.2 Å². The number of nitrogens with one attached hydrogen (secondary N) is 1. The third-order valence-corrected chi connectivity index (χ3v) is 5.51. The first-order valence-corrected chi connectivity index (χ1v) is 9.80. The van der Waals surface area contributed by atoms with Crippen LogP contribution in [0.15, 0.2) is 46.3 Å². The predicted molar refractivity (Wildman–Crippen MR) is 90.2 cm³/mol. The summed E-state index contributed by atoms with van der Waals surface area (Å²) < 4.78 is 68.2. The zero-order chi connectivity index (χ0) is 18.8. The second-order valence-corrected chi connectivity index (χ2v) is 8.12. The molecule has 0 unspecified atom stereocenters. The SMILES string of the molecule is O=S(=O)(CCc1cccs1)Nc1ccc(-c2noc(C(F)(F)F)n2)cc1. The van der Waals surface area contributed by atoms with E-state index in [1.54, 1.807) is 0 Å². The Balaban J connectivity index is 1.66. The maximum Gasteiger partial charge on any atom is 0.471 e. The van der Waals surface area contributed by atoms with Crippen molar-refractivity contribution in [1.29, 1.82) is 0 Å². The fourth-order valence-corrected chi connectivity index (χ4v) is 3.99. The summed E-state index contributed by atoms with van der Waals surface area (Å²) in [6.45, 7) is 0. The summed E-state index contributed by atoms with van der Waals surface area (Å²) in [6.07, 6.45) is -4.32. The molecule has 26 heavy (non-hydrogen) atoms. The third kappa shape index (κ3) is 4.61. The Bertz CT molecular complexity index is 966. The normalized spacial score (nSPS) is 12.3. The predicted octanol–water partition coefficient (Wildman–Crippen LogP) is 3.80. The molecule has 0 amide bonds. The number of aromatic nitrogens is 2. The van der Waals surface area contributed by atoms with Crippen molar-refractivity contribution in [1.82, 2.24) is 10.1 Å². The second kappa shape index (κ2) is 7.08. The molecule has 6 nitrogen and oxygen atoms in total. The Hall–Kier alpha value is -2.40. The number of nitrogens with zero attached hydrogens (tertiary/aromatic N) is 2. The largest absolute Gasteiger partial charge is 0.471 e. The number of hydrogen-bond acceptors (Lipinski definition) is 6. The van der Waals surface area contributed by atoms with Crippen LogP contribution in [0.1, 0.15) is 10.8 Å². The first kappa shape index (κ1) is 18.4. The number of anilines is 1. The van der Waals surface area contributed by atoms with Gasteiger partial charge in [0.1, 0.15) is 0 Å². The topological polar surface area (TPSA) is 85.1 Å². The van der Waals surface area contributed by atoms with E-state index in [1.165, 1.54) is 35.6 Å². The number of benzene rings is 1. The van der Waals surface area contributed by atoms with Crippen molar-refractivity contribution < 1.29 is 26.1 Å². The summed E-state index contributed by atoms with van der Waals surface area (Å²) in [5.41, 5.74) is 0.560. The molecule has 0 aliphatic rings. The molecule has 0 saturated heterocycles. The molecule has 0 spiro atoms. The van der Waals surface area contributed by atoms with Gasteiger partial charge in [0.25, 0.3) is 0 Å². The van der Waals surface area contributed by atoms with Gasteiger partial charge in [0.2, 0.25) is 15.8 Å². The standard InChI is InChI=1S/C15H12F3N3O3S2/c16-15(17,18)14-19-13(20-24-14)10-3-5-11(6-4-10)21-26(22,23)9-7-12-2-1-8-25-12/h1-6,8,21H,7,9H2. The van der Waals surface area contributed by atoms with Crippen LogP contribution in [0.3, 0.4) is 0 Å². The van der Waals surface area contributed by atoms with Gasteiger partial charge in [-0.15, -0.1) is 11.3 Å². The Morgan fingerprint density at radius 1 is 1.15 bits per heavy atom. The number of halogens is 3. The van der Waals surface area contributed by atoms with Gasteiger partial charge in [-0.25, -0.2) is 8.42 Å². The molecule has 0 aliphatic carbocycles. The highest BCUT2D eigenvalue weighted by molar-refractivity contribution is 7.92. The van der Waals surface area contributed by atoms with Crippen LogP contribution < -0.4 is 4.72 Å². The third-order valence-electron chi connectivity index (χ3n) is 3.28. The van der Waals surface area contributed by atoms with Crippen LogP contribution in [-0.4, -0.2) is 24.3 Å². The van der Waals surface area contributed by atoms with Crippen molar-refractivity contribution >= 4 is 27.0 Å². The molecule has 1 aromatic carbocycles. The fraction of sp³-hybridized carbons (Fsp3) is 0.200. The van der Waals surface area contributed by atoms with Crippen LogP contribution >= 0.6 is 11.3 Å². The number of thiophene rings is 1. The van der Waals surface area contributed by atoms with Gasteiger partial charge < -0.3 is 4.52 Å². The van der Waals surface area contributed by atoms with Gasteiger partial charge in [0.15, 0.2) is 0 Å². The minimum absolute atomic E-state index is 0.0744. The van der Waals surface area contributed by atoms with Crippen molar-refractivity contribution in [3.8, 4) is 11.4 Å². The van der Waals surface area contributed by atoms with Crippen molar-refractivity contribution in [2.45, 2.75) is 12.6 Å². The van der Waals surface area contributed by atoms with Crippen molar-refractivity contribution in [3.63, 3.8) is 0 Å². The quantitative estimate of drug-likeness (QED) is 0.677. The lowest BCUT2D eigenvalue weighted by atomic mass is 10.2. The molecule has 3 aromatic rings. The van der Waals surface area contributed by atoms with E-state index in [-0.39, 0.29) is 17.1 Å². The van der Waals surface area contributed by atoms with Crippen LogP contribution in [0, 0.1) is 0 Å². The van der Waals surface area contributed by atoms with Gasteiger partial charge in [0, 0.05) is 16.1 Å². The number of hydrogen-bond donors (Lipinski definition) is 1.